The largest absolute Gasteiger partial charge is 0.339 e. The first-order valence-corrected chi connectivity index (χ1v) is 5.52. The molecule has 0 radical (unpaired) electrons. The van der Waals surface area contributed by atoms with Gasteiger partial charge in [-0.25, -0.2) is 0 Å². The lowest BCUT2D eigenvalue weighted by molar-refractivity contribution is -0.132. The number of nitrogens with one attached hydrogen (secondary N) is 1. The smallest absolute Gasteiger partial charge is 0.222 e. The molecule has 2 heterocycles. The highest BCUT2D eigenvalue weighted by atomic mass is 16.2. The maximum Gasteiger partial charge on any atom is 0.222 e. The van der Waals surface area contributed by atoms with Gasteiger partial charge in [0.25, 0.3) is 0 Å². The number of hydrogen-bond donors (Lipinski definition) is 1. The minimum atomic E-state index is 0.343. The zero-order valence-corrected chi connectivity index (χ0v) is 8.59. The number of carbonyl (C=O) groups is 1. The van der Waals surface area contributed by atoms with Crippen LogP contribution in [0.15, 0.2) is 11.6 Å². The van der Waals surface area contributed by atoms with Crippen LogP contribution in [0.3, 0.4) is 0 Å². The molecule has 1 saturated heterocycles. The third-order valence-electron chi connectivity index (χ3n) is 2.97. The van der Waals surface area contributed by atoms with Gasteiger partial charge in [0.05, 0.1) is 0 Å². The van der Waals surface area contributed by atoms with E-state index in [-0.39, 0.29) is 0 Å². The lowest BCUT2D eigenvalue weighted by Gasteiger charge is -2.28. The van der Waals surface area contributed by atoms with E-state index in [1.54, 1.807) is 0 Å². The summed E-state index contributed by atoms with van der Waals surface area (Å²) in [5.74, 6) is 0.343. The summed E-state index contributed by atoms with van der Waals surface area (Å²) in [6.07, 6.45) is 6.34. The second-order valence-corrected chi connectivity index (χ2v) is 4.09. The van der Waals surface area contributed by atoms with E-state index in [0.717, 1.165) is 45.4 Å². The minimum Gasteiger partial charge on any atom is -0.339 e. The van der Waals surface area contributed by atoms with E-state index in [4.69, 9.17) is 0 Å². The standard InChI is InChI=1S/C11H18N2O/c14-11-3-1-2-8-13(11)9-10-4-6-12-7-5-10/h4,12H,1-3,5-9H2. The van der Waals surface area contributed by atoms with Crippen LogP contribution in [-0.4, -0.2) is 37.0 Å². The number of rotatable bonds is 2. The Hall–Kier alpha value is -0.830. The Morgan fingerprint density at radius 3 is 3.00 bits per heavy atom. The molecule has 0 aliphatic carbocycles. The van der Waals surface area contributed by atoms with Crippen LogP contribution in [0.5, 0.6) is 0 Å². The molecule has 0 aromatic heterocycles. The van der Waals surface area contributed by atoms with Crippen LogP contribution < -0.4 is 5.32 Å². The summed E-state index contributed by atoms with van der Waals surface area (Å²) in [4.78, 5) is 13.6. The normalized spacial score (nSPS) is 23.6. The van der Waals surface area contributed by atoms with E-state index in [0.29, 0.717) is 5.91 Å². The van der Waals surface area contributed by atoms with Crippen LogP contribution in [0.2, 0.25) is 0 Å². The van der Waals surface area contributed by atoms with Gasteiger partial charge in [-0.3, -0.25) is 4.79 Å². The first-order chi connectivity index (χ1) is 6.86. The predicted molar refractivity (Wildman–Crippen MR) is 56.0 cm³/mol. The third kappa shape index (κ3) is 2.35. The van der Waals surface area contributed by atoms with E-state index in [1.165, 1.54) is 12.0 Å². The summed E-state index contributed by atoms with van der Waals surface area (Å²) in [6, 6.07) is 0. The van der Waals surface area contributed by atoms with Gasteiger partial charge >= 0.3 is 0 Å². The van der Waals surface area contributed by atoms with Crippen LogP contribution in [-0.2, 0) is 4.79 Å². The molecule has 0 bridgehead atoms. The summed E-state index contributed by atoms with van der Waals surface area (Å²) in [5, 5.41) is 3.28. The molecule has 14 heavy (non-hydrogen) atoms. The topological polar surface area (TPSA) is 32.3 Å². The first kappa shape index (κ1) is 9.71. The predicted octanol–water partition coefficient (Wildman–Crippen LogP) is 0.919. The minimum absolute atomic E-state index is 0.343. The van der Waals surface area contributed by atoms with Gasteiger partial charge in [-0.2, -0.15) is 0 Å². The quantitative estimate of drug-likeness (QED) is 0.663. The van der Waals surface area contributed by atoms with Gasteiger partial charge in [0.15, 0.2) is 0 Å². The molecular weight excluding hydrogens is 176 g/mol. The number of amides is 1. The Morgan fingerprint density at radius 2 is 2.29 bits per heavy atom. The van der Waals surface area contributed by atoms with E-state index < -0.39 is 0 Å². The second-order valence-electron chi connectivity index (χ2n) is 4.09. The van der Waals surface area contributed by atoms with Crippen LogP contribution in [0.4, 0.5) is 0 Å². The Labute approximate surface area is 85.2 Å². The van der Waals surface area contributed by atoms with Crippen LogP contribution in [0, 0.1) is 0 Å². The maximum absolute atomic E-state index is 11.6. The molecule has 0 spiro atoms. The fraction of sp³-hybridized carbons (Fsp3) is 0.727. The molecule has 3 nitrogen and oxygen atoms in total. The molecule has 1 N–H and O–H groups in total. The van der Waals surface area contributed by atoms with Gasteiger partial charge < -0.3 is 10.2 Å². The summed E-state index contributed by atoms with van der Waals surface area (Å²) in [6.45, 7) is 3.87. The van der Waals surface area contributed by atoms with Gasteiger partial charge in [0.1, 0.15) is 0 Å². The average molecular weight is 194 g/mol. The molecule has 2 aliphatic heterocycles. The van der Waals surface area contributed by atoms with Gasteiger partial charge in [0.2, 0.25) is 5.91 Å². The van der Waals surface area contributed by atoms with Gasteiger partial charge in [-0.1, -0.05) is 11.6 Å². The van der Waals surface area contributed by atoms with Crippen molar-refractivity contribution in [2.45, 2.75) is 25.7 Å². The highest BCUT2D eigenvalue weighted by molar-refractivity contribution is 5.77. The van der Waals surface area contributed by atoms with Crippen molar-refractivity contribution in [1.29, 1.82) is 0 Å². The van der Waals surface area contributed by atoms with Crippen molar-refractivity contribution in [2.75, 3.05) is 26.2 Å². The molecular formula is C11H18N2O. The second kappa shape index (κ2) is 4.60. The summed E-state index contributed by atoms with van der Waals surface area (Å²) in [7, 11) is 0. The lowest BCUT2D eigenvalue weighted by Crippen LogP contribution is -2.37. The van der Waals surface area contributed by atoms with E-state index in [1.807, 2.05) is 4.90 Å². The zero-order valence-electron chi connectivity index (χ0n) is 8.59. The van der Waals surface area contributed by atoms with Crippen molar-refractivity contribution < 1.29 is 4.79 Å². The molecule has 0 aromatic rings. The molecule has 2 rings (SSSR count). The van der Waals surface area contributed by atoms with E-state index in [2.05, 4.69) is 11.4 Å². The Balaban J connectivity index is 1.88. The van der Waals surface area contributed by atoms with Crippen molar-refractivity contribution in [2.24, 2.45) is 0 Å². The van der Waals surface area contributed by atoms with E-state index >= 15 is 0 Å². The zero-order chi connectivity index (χ0) is 9.80. The summed E-state index contributed by atoms with van der Waals surface area (Å²) >= 11 is 0. The third-order valence-corrected chi connectivity index (χ3v) is 2.97. The Morgan fingerprint density at radius 1 is 1.36 bits per heavy atom. The Kier molecular flexibility index (Phi) is 3.19. The molecule has 1 fully saturated rings. The lowest BCUT2D eigenvalue weighted by atomic mass is 10.1. The van der Waals surface area contributed by atoms with Crippen molar-refractivity contribution in [3.63, 3.8) is 0 Å². The van der Waals surface area contributed by atoms with Gasteiger partial charge in [-0.15, -0.1) is 0 Å². The molecule has 3 heteroatoms. The summed E-state index contributed by atoms with van der Waals surface area (Å²) < 4.78 is 0. The molecule has 2 aliphatic rings. The molecule has 0 unspecified atom stereocenters. The maximum atomic E-state index is 11.6. The first-order valence-electron chi connectivity index (χ1n) is 5.52. The number of hydrogen-bond acceptors (Lipinski definition) is 2. The van der Waals surface area contributed by atoms with Gasteiger partial charge in [-0.05, 0) is 25.8 Å². The Bertz CT molecular complexity index is 248. The summed E-state index contributed by atoms with van der Waals surface area (Å²) in [5.41, 5.74) is 1.43. The fourth-order valence-electron chi connectivity index (χ4n) is 2.09. The van der Waals surface area contributed by atoms with Crippen molar-refractivity contribution in [3.8, 4) is 0 Å². The highest BCUT2D eigenvalue weighted by Gasteiger charge is 2.18. The number of nitrogens with zero attached hydrogens (tertiary/aromatic N) is 1. The SMILES string of the molecule is O=C1CCCCN1CC1=CCNCC1. The fourth-order valence-corrected chi connectivity index (χ4v) is 2.09. The van der Waals surface area contributed by atoms with Crippen LogP contribution in [0.1, 0.15) is 25.7 Å². The number of carbonyl (C=O) groups excluding carboxylic acids is 1. The number of likely N-dealkylation sites (tertiary alicyclic amines) is 1. The van der Waals surface area contributed by atoms with E-state index in [9.17, 15) is 4.79 Å². The van der Waals surface area contributed by atoms with Gasteiger partial charge in [0, 0.05) is 26.1 Å². The number of piperidine rings is 1. The molecule has 78 valence electrons. The van der Waals surface area contributed by atoms with Crippen molar-refractivity contribution in [3.05, 3.63) is 11.6 Å². The monoisotopic (exact) mass is 194 g/mol. The van der Waals surface area contributed by atoms with Crippen LogP contribution >= 0.6 is 0 Å². The molecule has 0 atom stereocenters. The van der Waals surface area contributed by atoms with Crippen molar-refractivity contribution in [1.82, 2.24) is 10.2 Å². The average Bonchev–Trinajstić information content (AvgIpc) is 2.23. The molecule has 0 saturated carbocycles. The van der Waals surface area contributed by atoms with Crippen molar-refractivity contribution >= 4 is 5.91 Å². The van der Waals surface area contributed by atoms with Crippen LogP contribution in [0.25, 0.3) is 0 Å². The molecule has 1 amide bonds. The molecule has 0 aromatic carbocycles. The highest BCUT2D eigenvalue weighted by Crippen LogP contribution is 2.14.